The van der Waals surface area contributed by atoms with E-state index in [2.05, 4.69) is 16.3 Å². The van der Waals surface area contributed by atoms with Gasteiger partial charge in [-0.2, -0.15) is 0 Å². The smallest absolute Gasteiger partial charge is 0.156 e. The molecule has 90 valence electrons. The van der Waals surface area contributed by atoms with Crippen LogP contribution in [0.1, 0.15) is 31.2 Å². The molecule has 0 N–H and O–H groups in total. The molecule has 0 saturated carbocycles. The Bertz CT molecular complexity index is 574. The van der Waals surface area contributed by atoms with Gasteiger partial charge in [-0.1, -0.05) is 36.5 Å². The van der Waals surface area contributed by atoms with Gasteiger partial charge in [-0.25, -0.2) is 4.98 Å². The van der Waals surface area contributed by atoms with E-state index in [9.17, 15) is 0 Å². The summed E-state index contributed by atoms with van der Waals surface area (Å²) in [5.41, 5.74) is 3.33. The normalized spacial score (nSPS) is 19.6. The Labute approximate surface area is 111 Å². The van der Waals surface area contributed by atoms with Gasteiger partial charge >= 0.3 is 0 Å². The van der Waals surface area contributed by atoms with Crippen molar-refractivity contribution >= 4 is 28.8 Å². The lowest BCUT2D eigenvalue weighted by Crippen LogP contribution is -2.14. The van der Waals surface area contributed by atoms with Crippen LogP contribution in [0.2, 0.25) is 10.0 Å². The average Bonchev–Trinajstić information content (AvgIpc) is 2.67. The zero-order valence-electron chi connectivity index (χ0n) is 9.71. The van der Waals surface area contributed by atoms with E-state index < -0.39 is 0 Å². The molecule has 0 aliphatic heterocycles. The van der Waals surface area contributed by atoms with Crippen LogP contribution in [0.5, 0.6) is 0 Å². The summed E-state index contributed by atoms with van der Waals surface area (Å²) in [7, 11) is 0. The largest absolute Gasteiger partial charge is 0.301 e. The predicted octanol–water partition coefficient (Wildman–Crippen LogP) is 4.16. The molecule has 0 aromatic carbocycles. The first-order valence-electron chi connectivity index (χ1n) is 6.04. The van der Waals surface area contributed by atoms with Crippen LogP contribution in [0.4, 0.5) is 0 Å². The van der Waals surface area contributed by atoms with Crippen molar-refractivity contribution < 1.29 is 0 Å². The molecule has 2 aromatic heterocycles. The van der Waals surface area contributed by atoms with E-state index in [4.69, 9.17) is 23.2 Å². The molecule has 4 heteroatoms. The second-order valence-corrected chi connectivity index (χ2v) is 5.57. The van der Waals surface area contributed by atoms with Crippen LogP contribution in [-0.2, 0) is 12.8 Å². The van der Waals surface area contributed by atoms with Crippen LogP contribution in [-0.4, -0.2) is 9.38 Å². The lowest BCUT2D eigenvalue weighted by molar-refractivity contribution is 0.435. The molecule has 0 bridgehead atoms. The van der Waals surface area contributed by atoms with E-state index in [1.165, 1.54) is 24.2 Å². The van der Waals surface area contributed by atoms with Gasteiger partial charge in [0.2, 0.25) is 0 Å². The maximum atomic E-state index is 6.18. The number of halogens is 2. The first-order chi connectivity index (χ1) is 8.19. The van der Waals surface area contributed by atoms with Crippen LogP contribution in [0.15, 0.2) is 12.3 Å². The number of rotatable bonds is 1. The number of fused-ring (bicyclic) bond motifs is 3. The average molecular weight is 269 g/mol. The Kier molecular flexibility index (Phi) is 2.80. The van der Waals surface area contributed by atoms with Crippen LogP contribution < -0.4 is 0 Å². The highest BCUT2D eigenvalue weighted by Crippen LogP contribution is 2.31. The van der Waals surface area contributed by atoms with E-state index >= 15 is 0 Å². The van der Waals surface area contributed by atoms with E-state index in [0.717, 1.165) is 24.4 Å². The van der Waals surface area contributed by atoms with Crippen molar-refractivity contribution in [3.63, 3.8) is 0 Å². The van der Waals surface area contributed by atoms with Crippen LogP contribution in [0, 0.1) is 5.92 Å². The molecular weight excluding hydrogens is 255 g/mol. The fourth-order valence-corrected chi connectivity index (χ4v) is 3.16. The summed E-state index contributed by atoms with van der Waals surface area (Å²) in [6.45, 7) is 2.25. The van der Waals surface area contributed by atoms with Crippen LogP contribution >= 0.6 is 23.2 Å². The predicted molar refractivity (Wildman–Crippen MR) is 71.0 cm³/mol. The van der Waals surface area contributed by atoms with Gasteiger partial charge in [0.1, 0.15) is 0 Å². The molecule has 2 heterocycles. The molecule has 0 fully saturated rings. The summed E-state index contributed by atoms with van der Waals surface area (Å²) in [6, 6.07) is 1.76. The third-order valence-corrected chi connectivity index (χ3v) is 4.16. The summed E-state index contributed by atoms with van der Waals surface area (Å²) >= 11 is 12.2. The molecule has 0 spiro atoms. The third kappa shape index (κ3) is 1.84. The van der Waals surface area contributed by atoms with E-state index in [1.807, 2.05) is 6.20 Å². The maximum Gasteiger partial charge on any atom is 0.156 e. The highest BCUT2D eigenvalue weighted by Gasteiger charge is 2.23. The molecule has 1 unspecified atom stereocenters. The minimum absolute atomic E-state index is 0.639. The summed E-state index contributed by atoms with van der Waals surface area (Å²) in [6.07, 6.45) is 6.53. The molecule has 0 saturated heterocycles. The van der Waals surface area contributed by atoms with Crippen molar-refractivity contribution in [1.82, 2.24) is 9.38 Å². The molecule has 2 nitrogen and oxygen atoms in total. The molecule has 17 heavy (non-hydrogen) atoms. The monoisotopic (exact) mass is 268 g/mol. The van der Waals surface area contributed by atoms with Gasteiger partial charge in [0.15, 0.2) is 5.65 Å². The lowest BCUT2D eigenvalue weighted by atomic mass is 9.88. The van der Waals surface area contributed by atoms with E-state index in [-0.39, 0.29) is 0 Å². The maximum absolute atomic E-state index is 6.18. The van der Waals surface area contributed by atoms with Gasteiger partial charge in [-0.15, -0.1) is 0 Å². The number of imidazole rings is 1. The van der Waals surface area contributed by atoms with E-state index in [0.29, 0.717) is 10.0 Å². The highest BCUT2D eigenvalue weighted by molar-refractivity contribution is 6.36. The fraction of sp³-hybridized carbons (Fsp3) is 0.462. The van der Waals surface area contributed by atoms with Gasteiger partial charge in [0.25, 0.3) is 0 Å². The Morgan fingerprint density at radius 3 is 3.06 bits per heavy atom. The van der Waals surface area contributed by atoms with Crippen molar-refractivity contribution in [3.05, 3.63) is 33.7 Å². The third-order valence-electron chi connectivity index (χ3n) is 3.67. The van der Waals surface area contributed by atoms with Crippen molar-refractivity contribution in [2.75, 3.05) is 0 Å². The number of nitrogens with zero attached hydrogens (tertiary/aromatic N) is 2. The summed E-state index contributed by atoms with van der Waals surface area (Å²) in [4.78, 5) is 4.64. The van der Waals surface area contributed by atoms with Crippen LogP contribution in [0.3, 0.4) is 0 Å². The van der Waals surface area contributed by atoms with Crippen molar-refractivity contribution in [2.45, 2.75) is 32.6 Å². The zero-order valence-corrected chi connectivity index (χ0v) is 11.2. The quantitative estimate of drug-likeness (QED) is 0.760. The second kappa shape index (κ2) is 4.18. The Hall–Kier alpha value is -0.730. The summed E-state index contributed by atoms with van der Waals surface area (Å²) in [5, 5.41) is 1.31. The molecule has 0 radical (unpaired) electrons. The molecular formula is C13H14Cl2N2. The van der Waals surface area contributed by atoms with Crippen LogP contribution in [0.25, 0.3) is 5.65 Å². The number of hydrogen-bond acceptors (Lipinski definition) is 1. The first kappa shape index (κ1) is 11.4. The highest BCUT2D eigenvalue weighted by atomic mass is 35.5. The topological polar surface area (TPSA) is 17.3 Å². The molecule has 1 aliphatic rings. The summed E-state index contributed by atoms with van der Waals surface area (Å²) in [5.74, 6) is 0.764. The molecule has 2 aromatic rings. The first-order valence-corrected chi connectivity index (χ1v) is 6.79. The summed E-state index contributed by atoms with van der Waals surface area (Å²) < 4.78 is 2.07. The Morgan fingerprint density at radius 1 is 1.47 bits per heavy atom. The van der Waals surface area contributed by atoms with Gasteiger partial charge < -0.3 is 4.40 Å². The zero-order chi connectivity index (χ0) is 12.0. The minimum Gasteiger partial charge on any atom is -0.301 e. The van der Waals surface area contributed by atoms with E-state index in [1.54, 1.807) is 6.07 Å². The SMILES string of the molecule is CCC1CCc2nc3c(Cl)cc(Cl)cn3c2C1. The van der Waals surface area contributed by atoms with Gasteiger partial charge in [-0.05, 0) is 31.2 Å². The standard InChI is InChI=1S/C13H14Cl2N2/c1-2-8-3-4-11-12(5-8)17-7-9(14)6-10(15)13(17)16-11/h6-8H,2-5H2,1H3. The number of aryl methyl sites for hydroxylation is 1. The van der Waals surface area contributed by atoms with Gasteiger partial charge in [0, 0.05) is 11.9 Å². The van der Waals surface area contributed by atoms with Crippen molar-refractivity contribution in [1.29, 1.82) is 0 Å². The molecule has 0 amide bonds. The molecule has 1 aliphatic carbocycles. The fourth-order valence-electron chi connectivity index (χ4n) is 2.65. The van der Waals surface area contributed by atoms with Crippen molar-refractivity contribution in [3.8, 4) is 0 Å². The van der Waals surface area contributed by atoms with Gasteiger partial charge in [-0.3, -0.25) is 0 Å². The van der Waals surface area contributed by atoms with Gasteiger partial charge in [0.05, 0.1) is 15.7 Å². The Morgan fingerprint density at radius 2 is 2.29 bits per heavy atom. The second-order valence-electron chi connectivity index (χ2n) is 4.72. The lowest BCUT2D eigenvalue weighted by Gasteiger charge is -2.20. The number of aromatic nitrogens is 2. The number of hydrogen-bond donors (Lipinski definition) is 0. The minimum atomic E-state index is 0.639. The Balaban J connectivity index is 2.20. The number of pyridine rings is 1. The molecule has 3 rings (SSSR count). The molecule has 1 atom stereocenters. The van der Waals surface area contributed by atoms with Crippen molar-refractivity contribution in [2.24, 2.45) is 5.92 Å².